The maximum Gasteiger partial charge on any atom is 0.195 e. The summed E-state index contributed by atoms with van der Waals surface area (Å²) in [6, 6.07) is 16.9. The molecule has 0 radical (unpaired) electrons. The van der Waals surface area contributed by atoms with Crippen LogP contribution >= 0.6 is 0 Å². The first-order valence-electron chi connectivity index (χ1n) is 6.57. The van der Waals surface area contributed by atoms with Gasteiger partial charge in [-0.25, -0.2) is 0 Å². The average Bonchev–Trinajstić information content (AvgIpc) is 3.30. The molecule has 0 unspecified atom stereocenters. The summed E-state index contributed by atoms with van der Waals surface area (Å²) in [5.41, 5.74) is 2.14. The quantitative estimate of drug-likeness (QED) is 0.594. The summed E-state index contributed by atoms with van der Waals surface area (Å²) in [6.07, 6.45) is 4.41. The Labute approximate surface area is 112 Å². The van der Waals surface area contributed by atoms with Crippen molar-refractivity contribution in [2.45, 2.75) is 12.8 Å². The molecule has 0 amide bonds. The zero-order chi connectivity index (χ0) is 13.1. The van der Waals surface area contributed by atoms with Crippen molar-refractivity contribution in [3.8, 4) is 0 Å². The van der Waals surface area contributed by atoms with Crippen molar-refractivity contribution >= 4 is 17.7 Å². The van der Waals surface area contributed by atoms with Gasteiger partial charge >= 0.3 is 0 Å². The van der Waals surface area contributed by atoms with Gasteiger partial charge in [0.1, 0.15) is 0 Å². The third-order valence-electron chi connectivity index (χ3n) is 3.23. The van der Waals surface area contributed by atoms with E-state index in [2.05, 4.69) is 4.99 Å². The molecule has 2 heteroatoms. The minimum atomic E-state index is 0.0316. The molecule has 19 heavy (non-hydrogen) atoms. The van der Waals surface area contributed by atoms with Crippen LogP contribution in [0.2, 0.25) is 0 Å². The molecule has 0 N–H and O–H groups in total. The lowest BCUT2D eigenvalue weighted by atomic mass is 10.0. The third-order valence-corrected chi connectivity index (χ3v) is 3.23. The Morgan fingerprint density at radius 2 is 1.68 bits per heavy atom. The lowest BCUT2D eigenvalue weighted by Gasteiger charge is -2.04. The Kier molecular flexibility index (Phi) is 3.23. The van der Waals surface area contributed by atoms with Gasteiger partial charge < -0.3 is 0 Å². The van der Waals surface area contributed by atoms with Gasteiger partial charge in [0, 0.05) is 17.3 Å². The van der Waals surface area contributed by atoms with Gasteiger partial charge in [-0.2, -0.15) is 0 Å². The Morgan fingerprint density at radius 3 is 2.42 bits per heavy atom. The van der Waals surface area contributed by atoms with E-state index in [4.69, 9.17) is 0 Å². The number of carbonyl (C=O) groups is 1. The first-order chi connectivity index (χ1) is 9.34. The van der Waals surface area contributed by atoms with Crippen LogP contribution in [0.4, 0.5) is 5.69 Å². The molecular formula is C17H15NO. The van der Waals surface area contributed by atoms with E-state index < -0.39 is 0 Å². The molecule has 0 spiro atoms. The van der Waals surface area contributed by atoms with Crippen LogP contribution in [0.5, 0.6) is 0 Å². The molecule has 1 aliphatic rings. The van der Waals surface area contributed by atoms with Gasteiger partial charge in [-0.05, 0) is 30.9 Å². The van der Waals surface area contributed by atoms with Crippen molar-refractivity contribution in [2.24, 2.45) is 10.9 Å². The number of hydrogen-bond donors (Lipinski definition) is 0. The molecule has 0 saturated heterocycles. The average molecular weight is 249 g/mol. The van der Waals surface area contributed by atoms with E-state index in [0.717, 1.165) is 5.69 Å². The summed E-state index contributed by atoms with van der Waals surface area (Å²) >= 11 is 0. The zero-order valence-electron chi connectivity index (χ0n) is 10.6. The third kappa shape index (κ3) is 2.79. The van der Waals surface area contributed by atoms with Crippen LogP contribution in [0.25, 0.3) is 0 Å². The number of aliphatic imine (C=N–C) groups is 1. The number of nitrogens with zero attached hydrogens (tertiary/aromatic N) is 1. The summed E-state index contributed by atoms with van der Waals surface area (Å²) in [6.45, 7) is 0. The van der Waals surface area contributed by atoms with Crippen molar-refractivity contribution in [3.63, 3.8) is 0 Å². The molecule has 94 valence electrons. The van der Waals surface area contributed by atoms with Gasteiger partial charge in [0.2, 0.25) is 0 Å². The lowest BCUT2D eigenvalue weighted by molar-refractivity contribution is 0.103. The molecule has 0 bridgehead atoms. The Hall–Kier alpha value is -2.22. The summed E-state index contributed by atoms with van der Waals surface area (Å²) in [5.74, 6) is 0.643. The molecular weight excluding hydrogens is 234 g/mol. The topological polar surface area (TPSA) is 29.4 Å². The van der Waals surface area contributed by atoms with E-state index in [1.54, 1.807) is 0 Å². The van der Waals surface area contributed by atoms with E-state index in [0.29, 0.717) is 17.0 Å². The minimum Gasteiger partial charge on any atom is -0.289 e. The van der Waals surface area contributed by atoms with E-state index in [1.165, 1.54) is 12.8 Å². The molecule has 0 atom stereocenters. The fourth-order valence-electron chi connectivity index (χ4n) is 1.95. The second-order valence-corrected chi connectivity index (χ2v) is 4.83. The van der Waals surface area contributed by atoms with Crippen LogP contribution in [0.1, 0.15) is 28.8 Å². The second kappa shape index (κ2) is 5.19. The van der Waals surface area contributed by atoms with Crippen LogP contribution in [-0.2, 0) is 0 Å². The zero-order valence-corrected chi connectivity index (χ0v) is 10.6. The smallest absolute Gasteiger partial charge is 0.195 e. The maximum absolute atomic E-state index is 12.5. The number of benzene rings is 2. The van der Waals surface area contributed by atoms with Crippen molar-refractivity contribution in [1.82, 2.24) is 0 Å². The van der Waals surface area contributed by atoms with Crippen LogP contribution < -0.4 is 0 Å². The fraction of sp³-hybridized carbons (Fsp3) is 0.176. The highest BCUT2D eigenvalue weighted by Gasteiger charge is 2.19. The predicted octanol–water partition coefficient (Wildman–Crippen LogP) is 4.03. The molecule has 1 fully saturated rings. The van der Waals surface area contributed by atoms with Gasteiger partial charge in [-0.1, -0.05) is 42.5 Å². The van der Waals surface area contributed by atoms with Crippen molar-refractivity contribution in [2.75, 3.05) is 0 Å². The molecule has 0 heterocycles. The van der Waals surface area contributed by atoms with Gasteiger partial charge in [-0.3, -0.25) is 9.79 Å². The number of hydrogen-bond acceptors (Lipinski definition) is 2. The molecule has 1 aliphatic carbocycles. The van der Waals surface area contributed by atoms with E-state index in [9.17, 15) is 4.79 Å². The largest absolute Gasteiger partial charge is 0.289 e. The van der Waals surface area contributed by atoms with Gasteiger partial charge in [0.25, 0.3) is 0 Å². The van der Waals surface area contributed by atoms with Crippen molar-refractivity contribution in [1.29, 1.82) is 0 Å². The Morgan fingerprint density at radius 1 is 1.00 bits per heavy atom. The molecule has 2 aromatic rings. The first kappa shape index (κ1) is 11.8. The van der Waals surface area contributed by atoms with Gasteiger partial charge in [0.15, 0.2) is 5.78 Å². The van der Waals surface area contributed by atoms with Crippen LogP contribution in [-0.4, -0.2) is 12.0 Å². The standard InChI is InChI=1S/C17H15NO/c19-17(14-6-2-1-3-7-14)15-8-4-5-9-16(15)18-12-13-10-11-13/h1-9,12-13H,10-11H2. The summed E-state index contributed by atoms with van der Waals surface area (Å²) < 4.78 is 0. The van der Waals surface area contributed by atoms with Crippen molar-refractivity contribution < 1.29 is 4.79 Å². The normalized spacial score (nSPS) is 14.7. The predicted molar refractivity (Wildman–Crippen MR) is 77.2 cm³/mol. The summed E-state index contributed by atoms with van der Waals surface area (Å²) in [7, 11) is 0. The summed E-state index contributed by atoms with van der Waals surface area (Å²) in [5, 5.41) is 0. The monoisotopic (exact) mass is 249 g/mol. The maximum atomic E-state index is 12.5. The molecule has 0 aromatic heterocycles. The van der Waals surface area contributed by atoms with E-state index >= 15 is 0 Å². The number of para-hydroxylation sites is 1. The Bertz CT molecular complexity index is 612. The van der Waals surface area contributed by atoms with Crippen LogP contribution in [0.3, 0.4) is 0 Å². The highest BCUT2D eigenvalue weighted by Crippen LogP contribution is 2.28. The number of rotatable bonds is 4. The van der Waals surface area contributed by atoms with E-state index in [1.807, 2.05) is 60.8 Å². The van der Waals surface area contributed by atoms with Crippen LogP contribution in [0, 0.1) is 5.92 Å². The minimum absolute atomic E-state index is 0.0316. The van der Waals surface area contributed by atoms with E-state index in [-0.39, 0.29) is 5.78 Å². The van der Waals surface area contributed by atoms with Gasteiger partial charge in [0.05, 0.1) is 5.69 Å². The molecule has 1 saturated carbocycles. The Balaban J connectivity index is 1.93. The molecule has 3 rings (SSSR count). The highest BCUT2D eigenvalue weighted by molar-refractivity contribution is 6.12. The molecule has 2 nitrogen and oxygen atoms in total. The highest BCUT2D eigenvalue weighted by atomic mass is 16.1. The fourth-order valence-corrected chi connectivity index (χ4v) is 1.95. The van der Waals surface area contributed by atoms with Gasteiger partial charge in [-0.15, -0.1) is 0 Å². The first-order valence-corrected chi connectivity index (χ1v) is 6.57. The van der Waals surface area contributed by atoms with Crippen LogP contribution in [0.15, 0.2) is 59.6 Å². The second-order valence-electron chi connectivity index (χ2n) is 4.83. The summed E-state index contributed by atoms with van der Waals surface area (Å²) in [4.78, 5) is 16.9. The molecule has 0 aliphatic heterocycles. The lowest BCUT2D eigenvalue weighted by Crippen LogP contribution is -2.01. The van der Waals surface area contributed by atoms with Crippen molar-refractivity contribution in [3.05, 3.63) is 65.7 Å². The SMILES string of the molecule is O=C(c1ccccc1)c1ccccc1N=CC1CC1. The molecule has 2 aromatic carbocycles. The number of ketones is 1. The number of carbonyl (C=O) groups excluding carboxylic acids is 1.